The molecule has 2 heterocycles. The molecule has 0 saturated carbocycles. The zero-order valence-electron chi connectivity index (χ0n) is 11.2. The van der Waals surface area contributed by atoms with Crippen molar-refractivity contribution in [2.24, 2.45) is 0 Å². The number of nitrogens with zero attached hydrogens (tertiary/aromatic N) is 1. The second kappa shape index (κ2) is 5.45. The van der Waals surface area contributed by atoms with E-state index in [0.717, 1.165) is 36.0 Å². The number of hydrogen-bond acceptors (Lipinski definition) is 5. The highest BCUT2D eigenvalue weighted by molar-refractivity contribution is 7.18. The predicted octanol–water partition coefficient (Wildman–Crippen LogP) is 2.40. The number of aromatic nitrogens is 1. The molecule has 4 nitrogen and oxygen atoms in total. The number of nitrogens with one attached hydrogen (secondary N) is 1. The Morgan fingerprint density at radius 2 is 2.37 bits per heavy atom. The van der Waals surface area contributed by atoms with E-state index in [9.17, 15) is 0 Å². The fraction of sp³-hybridized carbons (Fsp3) is 0.500. The van der Waals surface area contributed by atoms with Crippen LogP contribution in [0.15, 0.2) is 18.2 Å². The molecule has 0 aliphatic carbocycles. The van der Waals surface area contributed by atoms with Gasteiger partial charge in [-0.15, -0.1) is 11.3 Å². The maximum Gasteiger partial charge on any atom is 0.120 e. The molecule has 1 N–H and O–H groups in total. The van der Waals surface area contributed by atoms with Crippen LogP contribution in [0.1, 0.15) is 17.8 Å². The minimum Gasteiger partial charge on any atom is -0.497 e. The summed E-state index contributed by atoms with van der Waals surface area (Å²) < 4.78 is 12.0. The monoisotopic (exact) mass is 278 g/mol. The zero-order chi connectivity index (χ0) is 13.2. The molecule has 2 aromatic rings. The Kier molecular flexibility index (Phi) is 3.68. The van der Waals surface area contributed by atoms with Crippen LogP contribution < -0.4 is 10.1 Å². The fourth-order valence-electron chi connectivity index (χ4n) is 2.47. The summed E-state index contributed by atoms with van der Waals surface area (Å²) in [4.78, 5) is 4.75. The lowest BCUT2D eigenvalue weighted by Gasteiger charge is -2.15. The summed E-state index contributed by atoms with van der Waals surface area (Å²) in [6.07, 6.45) is 0. The largest absolute Gasteiger partial charge is 0.497 e. The van der Waals surface area contributed by atoms with Crippen LogP contribution in [0.5, 0.6) is 5.75 Å². The number of fused-ring (bicyclic) bond motifs is 1. The molecule has 1 aromatic carbocycles. The minimum atomic E-state index is 0.364. The molecule has 2 unspecified atom stereocenters. The van der Waals surface area contributed by atoms with E-state index in [1.807, 2.05) is 12.1 Å². The first-order valence-corrected chi connectivity index (χ1v) is 7.39. The average Bonchev–Trinajstić information content (AvgIpc) is 3.03. The topological polar surface area (TPSA) is 43.4 Å². The Morgan fingerprint density at radius 3 is 3.16 bits per heavy atom. The molecule has 1 aromatic heterocycles. The maximum absolute atomic E-state index is 5.60. The number of ether oxygens (including phenoxy) is 2. The second-order valence-corrected chi connectivity index (χ2v) is 5.76. The summed E-state index contributed by atoms with van der Waals surface area (Å²) in [5.74, 6) is 1.25. The van der Waals surface area contributed by atoms with Gasteiger partial charge < -0.3 is 14.8 Å². The van der Waals surface area contributed by atoms with Crippen LogP contribution in [0.2, 0.25) is 0 Å². The molecule has 5 heteroatoms. The molecule has 1 fully saturated rings. The average molecular weight is 278 g/mol. The lowest BCUT2D eigenvalue weighted by atomic mass is 10.1. The molecule has 0 amide bonds. The number of likely N-dealkylation sites (N-methyl/N-ethyl adjacent to an activating group) is 1. The van der Waals surface area contributed by atoms with Gasteiger partial charge in [0.2, 0.25) is 0 Å². The third kappa shape index (κ3) is 2.45. The number of benzene rings is 1. The normalized spacial score (nSPS) is 23.1. The van der Waals surface area contributed by atoms with Gasteiger partial charge in [-0.3, -0.25) is 0 Å². The molecule has 0 spiro atoms. The first-order valence-electron chi connectivity index (χ1n) is 6.57. The van der Waals surface area contributed by atoms with Crippen molar-refractivity contribution in [1.29, 1.82) is 0 Å². The molecule has 1 aliphatic rings. The van der Waals surface area contributed by atoms with Crippen molar-refractivity contribution < 1.29 is 9.47 Å². The summed E-state index contributed by atoms with van der Waals surface area (Å²) in [6.45, 7) is 4.62. The highest BCUT2D eigenvalue weighted by atomic mass is 32.1. The van der Waals surface area contributed by atoms with Crippen LogP contribution in [-0.4, -0.2) is 37.9 Å². The highest BCUT2D eigenvalue weighted by Crippen LogP contribution is 2.33. The first kappa shape index (κ1) is 12.8. The Hall–Kier alpha value is -1.17. The van der Waals surface area contributed by atoms with Crippen LogP contribution in [0.25, 0.3) is 10.2 Å². The quantitative estimate of drug-likeness (QED) is 0.932. The smallest absolute Gasteiger partial charge is 0.120 e. The minimum absolute atomic E-state index is 0.364. The van der Waals surface area contributed by atoms with E-state index in [-0.39, 0.29) is 0 Å². The summed E-state index contributed by atoms with van der Waals surface area (Å²) >= 11 is 1.74. The molecule has 2 atom stereocenters. The molecular weight excluding hydrogens is 260 g/mol. The Morgan fingerprint density at radius 1 is 1.47 bits per heavy atom. The highest BCUT2D eigenvalue weighted by Gasteiger charge is 2.31. The second-order valence-electron chi connectivity index (χ2n) is 4.69. The van der Waals surface area contributed by atoms with Gasteiger partial charge in [-0.25, -0.2) is 4.98 Å². The van der Waals surface area contributed by atoms with E-state index in [1.165, 1.54) is 4.70 Å². The molecule has 1 aliphatic heterocycles. The van der Waals surface area contributed by atoms with Gasteiger partial charge in [0.05, 0.1) is 36.5 Å². The van der Waals surface area contributed by atoms with Crippen molar-refractivity contribution in [2.45, 2.75) is 18.9 Å². The summed E-state index contributed by atoms with van der Waals surface area (Å²) in [7, 11) is 1.69. The van der Waals surface area contributed by atoms with Gasteiger partial charge in [0.15, 0.2) is 0 Å². The first-order chi connectivity index (χ1) is 9.31. The number of methoxy groups -OCH3 is 1. The lowest BCUT2D eigenvalue weighted by Crippen LogP contribution is -2.34. The molecule has 0 bridgehead atoms. The Labute approximate surface area is 116 Å². The van der Waals surface area contributed by atoms with Crippen molar-refractivity contribution in [3.05, 3.63) is 23.2 Å². The van der Waals surface area contributed by atoms with Crippen LogP contribution in [-0.2, 0) is 4.74 Å². The Balaban J connectivity index is 1.92. The zero-order valence-corrected chi connectivity index (χ0v) is 12.0. The van der Waals surface area contributed by atoms with Crippen LogP contribution in [0.4, 0.5) is 0 Å². The van der Waals surface area contributed by atoms with Crippen molar-refractivity contribution >= 4 is 21.6 Å². The third-order valence-corrected chi connectivity index (χ3v) is 4.63. The molecule has 1 saturated heterocycles. The standard InChI is InChI=1S/C14H18N2O2S/c1-3-15-12-8-18-7-10(12)14-16-11-5-4-9(17-2)6-13(11)19-14/h4-6,10,12,15H,3,7-8H2,1-2H3. The van der Waals surface area contributed by atoms with E-state index >= 15 is 0 Å². The maximum atomic E-state index is 5.60. The van der Waals surface area contributed by atoms with E-state index in [0.29, 0.717) is 12.0 Å². The van der Waals surface area contributed by atoms with Crippen molar-refractivity contribution in [3.63, 3.8) is 0 Å². The van der Waals surface area contributed by atoms with Gasteiger partial charge in [-0.2, -0.15) is 0 Å². The van der Waals surface area contributed by atoms with Crippen molar-refractivity contribution in [3.8, 4) is 5.75 Å². The molecule has 102 valence electrons. The summed E-state index contributed by atoms with van der Waals surface area (Å²) in [5, 5.41) is 4.64. The molecule has 0 radical (unpaired) electrons. The van der Waals surface area contributed by atoms with Crippen LogP contribution >= 0.6 is 11.3 Å². The number of thiazole rings is 1. The van der Waals surface area contributed by atoms with Gasteiger partial charge in [-0.1, -0.05) is 6.92 Å². The Bertz CT molecular complexity index is 570. The van der Waals surface area contributed by atoms with Gasteiger partial charge in [0.1, 0.15) is 10.8 Å². The lowest BCUT2D eigenvalue weighted by molar-refractivity contribution is 0.188. The van der Waals surface area contributed by atoms with E-state index < -0.39 is 0 Å². The number of rotatable bonds is 4. The molecule has 3 rings (SSSR count). The van der Waals surface area contributed by atoms with E-state index in [4.69, 9.17) is 14.5 Å². The van der Waals surface area contributed by atoms with Crippen molar-refractivity contribution in [1.82, 2.24) is 10.3 Å². The van der Waals surface area contributed by atoms with Crippen LogP contribution in [0.3, 0.4) is 0 Å². The predicted molar refractivity (Wildman–Crippen MR) is 77.2 cm³/mol. The molecular formula is C14H18N2O2S. The molecule has 19 heavy (non-hydrogen) atoms. The van der Waals surface area contributed by atoms with Gasteiger partial charge in [-0.05, 0) is 24.7 Å². The van der Waals surface area contributed by atoms with Gasteiger partial charge >= 0.3 is 0 Å². The fourth-order valence-corrected chi connectivity index (χ4v) is 3.62. The van der Waals surface area contributed by atoms with E-state index in [2.05, 4.69) is 18.3 Å². The van der Waals surface area contributed by atoms with Crippen molar-refractivity contribution in [2.75, 3.05) is 26.9 Å². The van der Waals surface area contributed by atoms with Gasteiger partial charge in [0, 0.05) is 6.04 Å². The summed E-state index contributed by atoms with van der Waals surface area (Å²) in [6, 6.07) is 6.41. The van der Waals surface area contributed by atoms with E-state index in [1.54, 1.807) is 18.4 Å². The van der Waals surface area contributed by atoms with Crippen LogP contribution in [0, 0.1) is 0 Å². The third-order valence-electron chi connectivity index (χ3n) is 3.48. The SMILES string of the molecule is CCNC1COCC1c1nc2ccc(OC)cc2s1. The summed E-state index contributed by atoms with van der Waals surface area (Å²) in [5.41, 5.74) is 1.04. The van der Waals surface area contributed by atoms with Gasteiger partial charge in [0.25, 0.3) is 0 Å². The number of hydrogen-bond donors (Lipinski definition) is 1.